The molecule has 1 aromatic heterocycles. The Balaban J connectivity index is 2.11. The van der Waals surface area contributed by atoms with Crippen LogP contribution in [0.15, 0.2) is 47.1 Å². The van der Waals surface area contributed by atoms with Crippen LogP contribution in [0.25, 0.3) is 0 Å². The van der Waals surface area contributed by atoms with Crippen molar-refractivity contribution in [1.29, 1.82) is 0 Å². The van der Waals surface area contributed by atoms with E-state index >= 15 is 0 Å². The molecule has 0 atom stereocenters. The molecule has 0 spiro atoms. The first-order chi connectivity index (χ1) is 8.68. The number of hydrogen-bond acceptors (Lipinski definition) is 4. The average molecular weight is 240 g/mol. The molecule has 1 heterocycles. The first-order valence-corrected chi connectivity index (χ1v) is 5.27. The summed E-state index contributed by atoms with van der Waals surface area (Å²) in [6, 6.07) is 9.61. The van der Waals surface area contributed by atoms with E-state index in [4.69, 9.17) is 17.0 Å². The van der Waals surface area contributed by atoms with Crippen LogP contribution in [0, 0.1) is 0 Å². The summed E-state index contributed by atoms with van der Waals surface area (Å²) in [5.41, 5.74) is -0.376. The Morgan fingerprint density at radius 1 is 1.11 bits per heavy atom. The van der Waals surface area contributed by atoms with Gasteiger partial charge in [-0.3, -0.25) is 0 Å². The highest BCUT2D eigenvalue weighted by molar-refractivity contribution is 6.62. The fourth-order valence-electron chi connectivity index (χ4n) is 1.49. The molecular formula is C13H9BO4. The van der Waals surface area contributed by atoms with Crippen molar-refractivity contribution in [3.8, 4) is 0 Å². The number of furan rings is 1. The van der Waals surface area contributed by atoms with Crippen molar-refractivity contribution < 1.29 is 18.7 Å². The van der Waals surface area contributed by atoms with Gasteiger partial charge in [-0.15, -0.1) is 0 Å². The fraction of sp³-hybridized carbons (Fsp3) is 0.0769. The van der Waals surface area contributed by atoms with Crippen LogP contribution in [0.2, 0.25) is 0 Å². The smallest absolute Gasteiger partial charge is 0.339 e. The maximum Gasteiger partial charge on any atom is 0.339 e. The van der Waals surface area contributed by atoms with E-state index in [1.54, 1.807) is 24.3 Å². The summed E-state index contributed by atoms with van der Waals surface area (Å²) in [4.78, 5) is 22.9. The number of ether oxygens (including phenoxy) is 1. The van der Waals surface area contributed by atoms with Crippen molar-refractivity contribution in [2.24, 2.45) is 0 Å². The first-order valence-electron chi connectivity index (χ1n) is 5.27. The van der Waals surface area contributed by atoms with Crippen LogP contribution in [-0.4, -0.2) is 19.5 Å². The number of carbonyl (C=O) groups excluding carboxylic acids is 2. The Morgan fingerprint density at radius 2 is 1.83 bits per heavy atom. The Morgan fingerprint density at radius 3 is 2.44 bits per heavy atom. The monoisotopic (exact) mass is 240 g/mol. The lowest BCUT2D eigenvalue weighted by Gasteiger charge is -2.06. The second-order valence-electron chi connectivity index (χ2n) is 3.57. The topological polar surface area (TPSA) is 56.5 Å². The maximum absolute atomic E-state index is 11.8. The second kappa shape index (κ2) is 5.36. The summed E-state index contributed by atoms with van der Waals surface area (Å²) in [7, 11) is 5.18. The van der Waals surface area contributed by atoms with Crippen molar-refractivity contribution in [2.45, 2.75) is 6.61 Å². The van der Waals surface area contributed by atoms with Gasteiger partial charge in [0.05, 0.1) is 11.8 Å². The van der Waals surface area contributed by atoms with Crippen molar-refractivity contribution in [2.75, 3.05) is 0 Å². The van der Waals surface area contributed by atoms with Gasteiger partial charge in [-0.1, -0.05) is 18.2 Å². The number of esters is 1. The molecule has 0 saturated carbocycles. The van der Waals surface area contributed by atoms with Gasteiger partial charge in [-0.25, -0.2) is 4.79 Å². The van der Waals surface area contributed by atoms with Crippen LogP contribution < -0.4 is 0 Å². The molecule has 0 aliphatic carbocycles. The van der Waals surface area contributed by atoms with Crippen molar-refractivity contribution in [3.05, 3.63) is 59.5 Å². The predicted octanol–water partition coefficient (Wildman–Crippen LogP) is 1.95. The Kier molecular flexibility index (Phi) is 3.62. The van der Waals surface area contributed by atoms with Gasteiger partial charge in [-0.2, -0.15) is 0 Å². The zero-order valence-electron chi connectivity index (χ0n) is 9.46. The number of benzene rings is 1. The van der Waals surface area contributed by atoms with Crippen LogP contribution in [-0.2, 0) is 11.3 Å². The zero-order chi connectivity index (χ0) is 13.0. The largest absolute Gasteiger partial charge is 0.466 e. The quantitative estimate of drug-likeness (QED) is 0.605. The number of hydrogen-bond donors (Lipinski definition) is 0. The van der Waals surface area contributed by atoms with Crippen molar-refractivity contribution >= 4 is 19.5 Å². The third-order valence-corrected chi connectivity index (χ3v) is 2.34. The molecule has 4 nitrogen and oxygen atoms in total. The van der Waals surface area contributed by atoms with Crippen LogP contribution in [0.4, 0.5) is 0 Å². The third-order valence-electron chi connectivity index (χ3n) is 2.34. The molecule has 2 radical (unpaired) electrons. The predicted molar refractivity (Wildman–Crippen MR) is 64.4 cm³/mol. The molecule has 1 aromatic carbocycles. The lowest BCUT2D eigenvalue weighted by atomic mass is 9.91. The lowest BCUT2D eigenvalue weighted by Crippen LogP contribution is -2.11. The van der Waals surface area contributed by atoms with E-state index in [1.807, 2.05) is 0 Å². The highest BCUT2D eigenvalue weighted by atomic mass is 16.5. The molecule has 2 rings (SSSR count). The molecule has 0 unspecified atom stereocenters. The molecule has 0 bridgehead atoms. The van der Waals surface area contributed by atoms with E-state index in [2.05, 4.69) is 0 Å². The van der Waals surface area contributed by atoms with Gasteiger partial charge < -0.3 is 13.9 Å². The van der Waals surface area contributed by atoms with Gasteiger partial charge >= 0.3 is 5.97 Å². The Hall–Kier alpha value is -2.30. The minimum atomic E-state index is -0.666. The fourth-order valence-corrected chi connectivity index (χ4v) is 1.49. The molecular weight excluding hydrogens is 231 g/mol. The van der Waals surface area contributed by atoms with E-state index < -0.39 is 11.7 Å². The highest BCUT2D eigenvalue weighted by Gasteiger charge is 2.15. The molecule has 88 valence electrons. The lowest BCUT2D eigenvalue weighted by molar-refractivity contribution is 0.0443. The van der Waals surface area contributed by atoms with Crippen molar-refractivity contribution in [3.63, 3.8) is 0 Å². The summed E-state index contributed by atoms with van der Waals surface area (Å²) in [6.45, 7) is 0.0128. The minimum Gasteiger partial charge on any atom is -0.466 e. The van der Waals surface area contributed by atoms with E-state index in [1.165, 1.54) is 18.4 Å². The number of carbonyl (C=O) groups is 2. The van der Waals surface area contributed by atoms with Gasteiger partial charge in [0.15, 0.2) is 7.85 Å². The van der Waals surface area contributed by atoms with Crippen molar-refractivity contribution in [1.82, 2.24) is 0 Å². The van der Waals surface area contributed by atoms with Crippen LogP contribution in [0.3, 0.4) is 0 Å². The standard InChI is InChI=1S/C13H9BO4/c14-12(15)10-5-1-2-6-11(10)13(16)18-8-9-4-3-7-17-9/h1-7H,8H2. The van der Waals surface area contributed by atoms with Gasteiger partial charge in [0.25, 0.3) is 0 Å². The average Bonchev–Trinajstić information content (AvgIpc) is 2.89. The molecule has 0 aliphatic heterocycles. The summed E-state index contributed by atoms with van der Waals surface area (Å²) >= 11 is 0. The highest BCUT2D eigenvalue weighted by Crippen LogP contribution is 2.12. The summed E-state index contributed by atoms with van der Waals surface area (Å²) in [6.07, 6.45) is 1.49. The van der Waals surface area contributed by atoms with Crippen LogP contribution in [0.5, 0.6) is 0 Å². The van der Waals surface area contributed by atoms with Crippen LogP contribution >= 0.6 is 0 Å². The van der Waals surface area contributed by atoms with Gasteiger partial charge in [0.1, 0.15) is 18.0 Å². The van der Waals surface area contributed by atoms with Gasteiger partial charge in [0, 0.05) is 5.56 Å². The molecule has 18 heavy (non-hydrogen) atoms. The van der Waals surface area contributed by atoms with E-state index in [-0.39, 0.29) is 17.7 Å². The number of rotatable bonds is 4. The van der Waals surface area contributed by atoms with E-state index in [0.29, 0.717) is 5.76 Å². The third kappa shape index (κ3) is 2.68. The molecule has 0 amide bonds. The Bertz CT molecular complexity index is 560. The van der Waals surface area contributed by atoms with Gasteiger partial charge in [-0.05, 0) is 18.2 Å². The second-order valence-corrected chi connectivity index (χ2v) is 3.57. The SMILES string of the molecule is [B]C(=O)c1ccccc1C(=O)OCc1ccco1. The summed E-state index contributed by atoms with van der Waals surface area (Å²) in [5, 5.41) is 0. The molecule has 0 fully saturated rings. The maximum atomic E-state index is 11.8. The molecule has 0 saturated heterocycles. The summed E-state index contributed by atoms with van der Waals surface area (Å²) < 4.78 is 10.1. The Labute approximate surface area is 105 Å². The zero-order valence-corrected chi connectivity index (χ0v) is 9.46. The molecule has 2 aromatic rings. The normalized spacial score (nSPS) is 10.0. The molecule has 0 N–H and O–H groups in total. The first kappa shape index (κ1) is 12.2. The summed E-state index contributed by atoms with van der Waals surface area (Å²) in [5.74, 6) is -0.0827. The van der Waals surface area contributed by atoms with E-state index in [9.17, 15) is 9.59 Å². The molecule has 5 heteroatoms. The minimum absolute atomic E-state index is 0.0128. The molecule has 0 aliphatic rings. The van der Waals surface area contributed by atoms with Gasteiger partial charge in [0.2, 0.25) is 0 Å². The van der Waals surface area contributed by atoms with Crippen LogP contribution in [0.1, 0.15) is 26.5 Å². The van der Waals surface area contributed by atoms with E-state index in [0.717, 1.165) is 0 Å².